The Morgan fingerprint density at radius 1 is 1.15 bits per heavy atom. The Labute approximate surface area is 206 Å². The maximum atomic E-state index is 12.8. The second-order valence-corrected chi connectivity index (χ2v) is 8.85. The molecule has 1 aromatic heterocycles. The summed E-state index contributed by atoms with van der Waals surface area (Å²) in [6.45, 7) is 3.97. The summed E-state index contributed by atoms with van der Waals surface area (Å²) in [5, 5.41) is 11.5. The number of nitrogens with zero attached hydrogens (tertiary/aromatic N) is 3. The van der Waals surface area contributed by atoms with Gasteiger partial charge in [-0.3, -0.25) is 14.5 Å². The minimum absolute atomic E-state index is 0.0220. The first-order valence-electron chi connectivity index (χ1n) is 10.4. The summed E-state index contributed by atoms with van der Waals surface area (Å²) in [7, 11) is 0. The van der Waals surface area contributed by atoms with Crippen LogP contribution < -0.4 is 5.32 Å². The summed E-state index contributed by atoms with van der Waals surface area (Å²) >= 11 is 7.42. The van der Waals surface area contributed by atoms with Gasteiger partial charge in [0.1, 0.15) is 16.8 Å². The molecule has 1 saturated heterocycles. The van der Waals surface area contributed by atoms with E-state index in [-0.39, 0.29) is 24.8 Å². The van der Waals surface area contributed by atoms with E-state index in [0.29, 0.717) is 27.4 Å². The molecule has 0 bridgehead atoms. The van der Waals surface area contributed by atoms with Crippen molar-refractivity contribution in [1.29, 1.82) is 0 Å². The van der Waals surface area contributed by atoms with Crippen LogP contribution in [0.1, 0.15) is 12.2 Å². The van der Waals surface area contributed by atoms with Crippen molar-refractivity contribution in [3.05, 3.63) is 90.2 Å². The van der Waals surface area contributed by atoms with Crippen LogP contribution in [0.5, 0.6) is 0 Å². The lowest BCUT2D eigenvalue weighted by atomic mass is 10.2. The third kappa shape index (κ3) is 5.65. The highest BCUT2D eigenvalue weighted by atomic mass is 35.5. The summed E-state index contributed by atoms with van der Waals surface area (Å²) in [5.41, 5.74) is 1.46. The second-order valence-electron chi connectivity index (χ2n) is 7.27. The van der Waals surface area contributed by atoms with Gasteiger partial charge >= 0.3 is 0 Å². The number of thioether (sulfide) groups is 1. The zero-order chi connectivity index (χ0) is 23.9. The number of nitrogens with one attached hydrogen (secondary N) is 1. The van der Waals surface area contributed by atoms with E-state index in [0.717, 1.165) is 5.56 Å². The Kier molecular flexibility index (Phi) is 7.61. The highest BCUT2D eigenvalue weighted by Gasteiger charge is 2.38. The number of anilines is 1. The van der Waals surface area contributed by atoms with Gasteiger partial charge in [-0.2, -0.15) is 5.10 Å². The van der Waals surface area contributed by atoms with Gasteiger partial charge in [-0.1, -0.05) is 59.8 Å². The molecule has 1 atom stereocenters. The predicted molar refractivity (Wildman–Crippen MR) is 137 cm³/mol. The fourth-order valence-electron chi connectivity index (χ4n) is 3.28. The first-order valence-corrected chi connectivity index (χ1v) is 11.7. The molecule has 4 rings (SSSR count). The smallest absolute Gasteiger partial charge is 0.243 e. The van der Waals surface area contributed by atoms with Crippen LogP contribution in [0.3, 0.4) is 0 Å². The lowest BCUT2D eigenvalue weighted by Gasteiger charge is -2.12. The Hall–Kier alpha value is -3.62. The van der Waals surface area contributed by atoms with Crippen molar-refractivity contribution in [3.63, 3.8) is 0 Å². The number of rotatable bonds is 8. The van der Waals surface area contributed by atoms with Crippen molar-refractivity contribution < 1.29 is 14.0 Å². The number of furan rings is 1. The lowest BCUT2D eigenvalue weighted by Crippen LogP contribution is -2.33. The number of amides is 2. The Bertz CT molecular complexity index is 1260. The molecule has 1 aliphatic rings. The Balaban J connectivity index is 1.44. The molecule has 7 nitrogen and oxygen atoms in total. The summed E-state index contributed by atoms with van der Waals surface area (Å²) in [6.07, 6.45) is 3.08. The fraction of sp³-hybridized carbons (Fsp3) is 0.120. The van der Waals surface area contributed by atoms with E-state index in [9.17, 15) is 9.59 Å². The van der Waals surface area contributed by atoms with Crippen molar-refractivity contribution in [1.82, 2.24) is 4.90 Å². The van der Waals surface area contributed by atoms with Gasteiger partial charge in [0.25, 0.3) is 0 Å². The molecule has 1 unspecified atom stereocenters. The molecule has 0 aliphatic carbocycles. The average molecular weight is 493 g/mol. The Morgan fingerprint density at radius 3 is 2.68 bits per heavy atom. The average Bonchev–Trinajstić information content (AvgIpc) is 3.41. The molecule has 9 heteroatoms. The minimum Gasteiger partial charge on any atom is -0.455 e. The van der Waals surface area contributed by atoms with Gasteiger partial charge in [-0.25, -0.2) is 0 Å². The molecule has 1 N–H and O–H groups in total. The van der Waals surface area contributed by atoms with E-state index < -0.39 is 5.25 Å². The van der Waals surface area contributed by atoms with Gasteiger partial charge in [0.15, 0.2) is 5.17 Å². The van der Waals surface area contributed by atoms with Crippen molar-refractivity contribution in [2.24, 2.45) is 10.2 Å². The molecule has 1 fully saturated rings. The third-order valence-electron chi connectivity index (χ3n) is 4.85. The number of hydrogen-bond acceptors (Lipinski definition) is 6. The van der Waals surface area contributed by atoms with Crippen molar-refractivity contribution >= 4 is 52.2 Å². The quantitative estimate of drug-likeness (QED) is 0.257. The highest BCUT2D eigenvalue weighted by molar-refractivity contribution is 8.15. The lowest BCUT2D eigenvalue weighted by molar-refractivity contribution is -0.127. The number of carbonyl (C=O) groups is 2. The molecule has 172 valence electrons. The Morgan fingerprint density at radius 2 is 1.91 bits per heavy atom. The molecular formula is C25H21ClN4O3S. The first-order chi connectivity index (χ1) is 16.5. The van der Waals surface area contributed by atoms with Crippen LogP contribution in [0.2, 0.25) is 5.02 Å². The van der Waals surface area contributed by atoms with E-state index >= 15 is 0 Å². The number of para-hydroxylation sites is 1. The number of hydrogen-bond donors (Lipinski definition) is 1. The fourth-order valence-corrected chi connectivity index (χ4v) is 4.61. The van der Waals surface area contributed by atoms with Crippen molar-refractivity contribution in [3.8, 4) is 11.3 Å². The van der Waals surface area contributed by atoms with Crippen LogP contribution in [-0.4, -0.2) is 39.9 Å². The van der Waals surface area contributed by atoms with Crippen LogP contribution in [0.4, 0.5) is 5.69 Å². The number of benzene rings is 2. The highest BCUT2D eigenvalue weighted by Crippen LogP contribution is 2.31. The molecule has 1 aliphatic heterocycles. The molecule has 2 amide bonds. The molecule has 3 aromatic rings. The number of carbonyl (C=O) groups excluding carboxylic acids is 2. The monoisotopic (exact) mass is 492 g/mol. The third-order valence-corrected chi connectivity index (χ3v) is 6.35. The summed E-state index contributed by atoms with van der Waals surface area (Å²) < 4.78 is 5.78. The van der Waals surface area contributed by atoms with Crippen molar-refractivity contribution in [2.75, 3.05) is 11.9 Å². The molecule has 0 radical (unpaired) electrons. The normalized spacial score (nSPS) is 17.0. The molecule has 2 heterocycles. The first kappa shape index (κ1) is 23.5. The van der Waals surface area contributed by atoms with E-state index in [1.807, 2.05) is 36.4 Å². The van der Waals surface area contributed by atoms with E-state index in [1.165, 1.54) is 22.9 Å². The van der Waals surface area contributed by atoms with Crippen molar-refractivity contribution in [2.45, 2.75) is 11.7 Å². The molecule has 34 heavy (non-hydrogen) atoms. The van der Waals surface area contributed by atoms with Crippen LogP contribution in [-0.2, 0) is 9.59 Å². The van der Waals surface area contributed by atoms with Gasteiger partial charge < -0.3 is 9.73 Å². The van der Waals surface area contributed by atoms with Crippen LogP contribution in [0.25, 0.3) is 11.3 Å². The minimum atomic E-state index is -0.590. The number of halogens is 1. The summed E-state index contributed by atoms with van der Waals surface area (Å²) in [5.74, 6) is 0.648. The van der Waals surface area contributed by atoms with E-state index in [1.54, 1.807) is 36.4 Å². The maximum absolute atomic E-state index is 12.8. The summed E-state index contributed by atoms with van der Waals surface area (Å²) in [6, 6.07) is 20.0. The largest absolute Gasteiger partial charge is 0.455 e. The van der Waals surface area contributed by atoms with Gasteiger partial charge in [0.2, 0.25) is 11.8 Å². The second kappa shape index (κ2) is 11.0. The standard InChI is InChI=1S/C25H21ClN4O3S/c1-2-14-30-24(32)22(15-23(31)28-17-8-4-3-5-9-17)34-25(30)29-27-16-18-12-13-21(33-18)19-10-6-7-11-20(19)26/h2-13,16,22H,1,14-15H2,(H,28,31)/b27-16+,29-25-. The van der Waals surface area contributed by atoms with Gasteiger partial charge in [0, 0.05) is 24.2 Å². The summed E-state index contributed by atoms with van der Waals surface area (Å²) in [4.78, 5) is 26.7. The molecule has 0 spiro atoms. The van der Waals surface area contributed by atoms with E-state index in [4.69, 9.17) is 16.0 Å². The SMILES string of the molecule is C=CCN1C(=O)C(CC(=O)Nc2ccccc2)S/C1=N\N=C\c1ccc(-c2ccccc2Cl)o1. The topological polar surface area (TPSA) is 87.3 Å². The van der Waals surface area contributed by atoms with Crippen LogP contribution in [0, 0.1) is 0 Å². The molecule has 2 aromatic carbocycles. The molecule has 0 saturated carbocycles. The van der Waals surface area contributed by atoms with Gasteiger partial charge in [-0.15, -0.1) is 11.7 Å². The van der Waals surface area contributed by atoms with Crippen LogP contribution in [0.15, 0.2) is 94.0 Å². The zero-order valence-electron chi connectivity index (χ0n) is 18.1. The van der Waals surface area contributed by atoms with Gasteiger partial charge in [-0.05, 0) is 36.4 Å². The maximum Gasteiger partial charge on any atom is 0.243 e. The predicted octanol–water partition coefficient (Wildman–Crippen LogP) is 5.45. The number of amidine groups is 1. The molecular weight excluding hydrogens is 472 g/mol. The van der Waals surface area contributed by atoms with Gasteiger partial charge in [0.05, 0.1) is 11.2 Å². The van der Waals surface area contributed by atoms with E-state index in [2.05, 4.69) is 22.1 Å². The zero-order valence-corrected chi connectivity index (χ0v) is 19.6. The van der Waals surface area contributed by atoms with Crippen LogP contribution >= 0.6 is 23.4 Å².